The molecule has 0 radical (unpaired) electrons. The maximum absolute atomic E-state index is 14.8. The number of hydrogen-bond acceptors (Lipinski definition) is 4. The maximum Gasteiger partial charge on any atom is 0.276 e. The molecular formula is C27H26ClFN4O3. The van der Waals surface area contributed by atoms with E-state index in [1.54, 1.807) is 36.5 Å². The monoisotopic (exact) mass is 508 g/mol. The van der Waals surface area contributed by atoms with E-state index >= 15 is 0 Å². The third-order valence-corrected chi connectivity index (χ3v) is 7.18. The second kappa shape index (κ2) is 9.09. The van der Waals surface area contributed by atoms with Crippen LogP contribution in [0.1, 0.15) is 46.8 Å². The summed E-state index contributed by atoms with van der Waals surface area (Å²) in [5.41, 5.74) is 4.44. The zero-order chi connectivity index (χ0) is 25.7. The van der Waals surface area contributed by atoms with Crippen LogP contribution in [0.3, 0.4) is 0 Å². The molecular weight excluding hydrogens is 483 g/mol. The van der Waals surface area contributed by atoms with Gasteiger partial charge >= 0.3 is 0 Å². The van der Waals surface area contributed by atoms with Gasteiger partial charge in [-0.1, -0.05) is 31.5 Å². The number of carbonyl (C=O) groups excluding carboxylic acids is 1. The average molecular weight is 509 g/mol. The Balaban J connectivity index is 1.55. The molecule has 2 aromatic carbocycles. The highest BCUT2D eigenvalue weighted by Gasteiger charge is 2.30. The number of carbonyl (C=O) groups is 1. The minimum absolute atomic E-state index is 0.165. The zero-order valence-electron chi connectivity index (χ0n) is 20.5. The number of methoxy groups -OCH3 is 1. The third kappa shape index (κ3) is 3.86. The molecule has 0 fully saturated rings. The number of aromatic nitrogens is 3. The van der Waals surface area contributed by atoms with Crippen LogP contribution < -0.4 is 10.3 Å². The van der Waals surface area contributed by atoms with Gasteiger partial charge in [0.05, 0.1) is 18.3 Å². The number of fused-ring (bicyclic) bond motifs is 2. The number of hydrogen-bond donors (Lipinski definition) is 1. The summed E-state index contributed by atoms with van der Waals surface area (Å²) >= 11 is 6.68. The van der Waals surface area contributed by atoms with E-state index in [9.17, 15) is 14.0 Å². The van der Waals surface area contributed by atoms with Gasteiger partial charge in [-0.25, -0.2) is 4.39 Å². The SMILES string of the molecule is COc1cc(-c2cn(C)c(=O)c3[nH]ncc23)cc(Cl)c1C(=O)N1CCc2c(C(C)C)ccc(F)c2C1. The largest absolute Gasteiger partial charge is 0.496 e. The predicted molar refractivity (Wildman–Crippen MR) is 137 cm³/mol. The summed E-state index contributed by atoms with van der Waals surface area (Å²) in [6.07, 6.45) is 3.85. The van der Waals surface area contributed by atoms with E-state index in [1.165, 1.54) is 17.7 Å². The summed E-state index contributed by atoms with van der Waals surface area (Å²) in [5.74, 6) is -0.0606. The molecule has 0 atom stereocenters. The zero-order valence-corrected chi connectivity index (χ0v) is 21.2. The van der Waals surface area contributed by atoms with Crippen molar-refractivity contribution in [1.82, 2.24) is 19.7 Å². The lowest BCUT2D eigenvalue weighted by Crippen LogP contribution is -2.37. The average Bonchev–Trinajstić information content (AvgIpc) is 3.35. The normalized spacial score (nSPS) is 13.4. The Hall–Kier alpha value is -3.65. The number of aromatic amines is 1. The molecule has 0 spiro atoms. The smallest absolute Gasteiger partial charge is 0.276 e. The van der Waals surface area contributed by atoms with Gasteiger partial charge < -0.3 is 14.2 Å². The molecule has 9 heteroatoms. The minimum Gasteiger partial charge on any atom is -0.496 e. The molecule has 0 saturated heterocycles. The Morgan fingerprint density at radius 3 is 2.75 bits per heavy atom. The molecule has 36 heavy (non-hydrogen) atoms. The molecule has 1 aliphatic rings. The van der Waals surface area contributed by atoms with E-state index in [0.717, 1.165) is 16.7 Å². The lowest BCUT2D eigenvalue weighted by atomic mass is 9.88. The molecule has 5 rings (SSSR count). The van der Waals surface area contributed by atoms with Crippen LogP contribution >= 0.6 is 11.6 Å². The lowest BCUT2D eigenvalue weighted by Gasteiger charge is -2.32. The molecule has 1 N–H and O–H groups in total. The van der Waals surface area contributed by atoms with Crippen molar-refractivity contribution in [3.05, 3.63) is 80.1 Å². The predicted octanol–water partition coefficient (Wildman–Crippen LogP) is 5.05. The fourth-order valence-electron chi connectivity index (χ4n) is 5.02. The molecule has 0 unspecified atom stereocenters. The molecule has 0 bridgehead atoms. The summed E-state index contributed by atoms with van der Waals surface area (Å²) in [7, 11) is 3.13. The number of benzene rings is 2. The fourth-order valence-corrected chi connectivity index (χ4v) is 5.32. The van der Waals surface area contributed by atoms with Crippen molar-refractivity contribution in [2.45, 2.75) is 32.7 Å². The Kier molecular flexibility index (Phi) is 6.08. The van der Waals surface area contributed by atoms with Crippen molar-refractivity contribution >= 4 is 28.4 Å². The fraction of sp³-hybridized carbons (Fsp3) is 0.296. The summed E-state index contributed by atoms with van der Waals surface area (Å²) < 4.78 is 21.8. The lowest BCUT2D eigenvalue weighted by molar-refractivity contribution is 0.0729. The van der Waals surface area contributed by atoms with Crippen molar-refractivity contribution in [1.29, 1.82) is 0 Å². The summed E-state index contributed by atoms with van der Waals surface area (Å²) in [6.45, 7) is 4.78. The molecule has 0 aliphatic carbocycles. The third-order valence-electron chi connectivity index (χ3n) is 6.89. The topological polar surface area (TPSA) is 80.2 Å². The van der Waals surface area contributed by atoms with Crippen LogP contribution in [0.5, 0.6) is 5.75 Å². The first kappa shape index (κ1) is 24.1. The van der Waals surface area contributed by atoms with Gasteiger partial charge in [0.15, 0.2) is 0 Å². The number of H-pyrrole nitrogens is 1. The van der Waals surface area contributed by atoms with Gasteiger partial charge in [-0.15, -0.1) is 0 Å². The van der Waals surface area contributed by atoms with Crippen LogP contribution in [0.25, 0.3) is 22.0 Å². The molecule has 3 heterocycles. The Labute approximate surface area is 212 Å². The Bertz CT molecular complexity index is 1570. The first-order chi connectivity index (χ1) is 17.2. The Morgan fingerprint density at radius 1 is 1.25 bits per heavy atom. The van der Waals surface area contributed by atoms with Gasteiger partial charge in [0.25, 0.3) is 11.5 Å². The molecule has 1 aliphatic heterocycles. The molecule has 2 aromatic heterocycles. The van der Waals surface area contributed by atoms with Crippen LogP contribution in [0.15, 0.2) is 41.5 Å². The molecule has 7 nitrogen and oxygen atoms in total. The van der Waals surface area contributed by atoms with Crippen LogP contribution in [0.2, 0.25) is 5.02 Å². The highest BCUT2D eigenvalue weighted by Crippen LogP contribution is 2.37. The van der Waals surface area contributed by atoms with Crippen LogP contribution in [0.4, 0.5) is 4.39 Å². The second-order valence-corrected chi connectivity index (χ2v) is 9.79. The van der Waals surface area contributed by atoms with Crippen molar-refractivity contribution in [3.63, 3.8) is 0 Å². The van der Waals surface area contributed by atoms with E-state index in [2.05, 4.69) is 24.0 Å². The maximum atomic E-state index is 14.8. The first-order valence-corrected chi connectivity index (χ1v) is 12.1. The summed E-state index contributed by atoms with van der Waals surface area (Å²) in [6, 6.07) is 6.72. The van der Waals surface area contributed by atoms with Gasteiger partial charge in [-0.3, -0.25) is 14.7 Å². The van der Waals surface area contributed by atoms with Crippen LogP contribution in [-0.4, -0.2) is 39.2 Å². The second-order valence-electron chi connectivity index (χ2n) is 9.38. The van der Waals surface area contributed by atoms with Gasteiger partial charge in [-0.2, -0.15) is 5.10 Å². The van der Waals surface area contributed by atoms with E-state index < -0.39 is 0 Å². The van der Waals surface area contributed by atoms with Crippen LogP contribution in [0, 0.1) is 5.82 Å². The first-order valence-electron chi connectivity index (χ1n) is 11.7. The Morgan fingerprint density at radius 2 is 2.03 bits per heavy atom. The number of aryl methyl sites for hydroxylation is 1. The van der Waals surface area contributed by atoms with E-state index in [4.69, 9.17) is 16.3 Å². The standard InChI is InChI=1S/C27H26ClFN4O3/c1-14(2)16-5-6-22(29)20-13-33(8-7-17(16)20)26(34)24-21(28)9-15(10-23(24)36-4)19-12-32(3)27(35)25-18(19)11-30-31-25/h5-6,9-12,14H,7-8,13H2,1-4H3,(H,30,31). The number of pyridine rings is 1. The quantitative estimate of drug-likeness (QED) is 0.418. The summed E-state index contributed by atoms with van der Waals surface area (Å²) in [5, 5.41) is 7.60. The number of halogens is 2. The number of ether oxygens (including phenoxy) is 1. The van der Waals surface area contributed by atoms with Crippen molar-refractivity contribution in [2.75, 3.05) is 13.7 Å². The van der Waals surface area contributed by atoms with E-state index in [-0.39, 0.29) is 40.3 Å². The number of amides is 1. The van der Waals surface area contributed by atoms with E-state index in [1.807, 2.05) is 6.07 Å². The van der Waals surface area contributed by atoms with Gasteiger partial charge in [-0.05, 0) is 47.2 Å². The van der Waals surface area contributed by atoms with Gasteiger partial charge in [0.1, 0.15) is 22.6 Å². The van der Waals surface area contributed by atoms with Crippen molar-refractivity contribution in [3.8, 4) is 16.9 Å². The van der Waals surface area contributed by atoms with Gasteiger partial charge in [0, 0.05) is 42.8 Å². The molecule has 4 aromatic rings. The van der Waals surface area contributed by atoms with Gasteiger partial charge in [0.2, 0.25) is 0 Å². The van der Waals surface area contributed by atoms with Crippen molar-refractivity contribution < 1.29 is 13.9 Å². The van der Waals surface area contributed by atoms with Crippen LogP contribution in [-0.2, 0) is 20.0 Å². The summed E-state index contributed by atoms with van der Waals surface area (Å²) in [4.78, 5) is 27.7. The molecule has 186 valence electrons. The van der Waals surface area contributed by atoms with Crippen molar-refractivity contribution in [2.24, 2.45) is 7.05 Å². The number of nitrogens with zero attached hydrogens (tertiary/aromatic N) is 3. The minimum atomic E-state index is -0.322. The highest BCUT2D eigenvalue weighted by molar-refractivity contribution is 6.34. The van der Waals surface area contributed by atoms with E-state index in [0.29, 0.717) is 40.7 Å². The number of rotatable bonds is 4. The molecule has 0 saturated carbocycles. The highest BCUT2D eigenvalue weighted by atomic mass is 35.5. The molecule has 1 amide bonds. The number of nitrogens with one attached hydrogen (secondary N) is 1.